The maximum absolute atomic E-state index is 5.42. The highest BCUT2D eigenvalue weighted by atomic mass is 79.9. The number of halogens is 1. The van der Waals surface area contributed by atoms with Crippen molar-refractivity contribution in [2.45, 2.75) is 19.1 Å². The fourth-order valence-corrected chi connectivity index (χ4v) is 2.49. The minimum Gasteiger partial charge on any atom is -0.368 e. The van der Waals surface area contributed by atoms with E-state index in [9.17, 15) is 0 Å². The minimum atomic E-state index is 0.0568. The van der Waals surface area contributed by atoms with E-state index in [1.54, 1.807) is 0 Å². The molecule has 0 bridgehead atoms. The number of nitrogens with zero attached hydrogens (tertiary/aromatic N) is 1. The first kappa shape index (κ1) is 9.43. The van der Waals surface area contributed by atoms with E-state index in [0.717, 1.165) is 17.6 Å². The zero-order valence-electron chi connectivity index (χ0n) is 8.53. The highest BCUT2D eigenvalue weighted by molar-refractivity contribution is 9.10. The monoisotopic (exact) mass is 265 g/mol. The Kier molecular flexibility index (Phi) is 1.94. The Morgan fingerprint density at radius 1 is 1.47 bits per heavy atom. The van der Waals surface area contributed by atoms with Crippen LogP contribution in [0.15, 0.2) is 34.9 Å². The summed E-state index contributed by atoms with van der Waals surface area (Å²) < 4.78 is 8.83. The summed E-state index contributed by atoms with van der Waals surface area (Å²) in [6, 6.07) is 8.41. The highest BCUT2D eigenvalue weighted by Gasteiger charge is 2.39. The molecule has 2 heterocycles. The maximum Gasteiger partial charge on any atom is 0.107 e. The zero-order chi connectivity index (χ0) is 10.5. The summed E-state index contributed by atoms with van der Waals surface area (Å²) >= 11 is 3.58. The SMILES string of the molecule is CC1(Cn2cc(Br)c3ccccc32)CO1. The first-order valence-electron chi connectivity index (χ1n) is 5.05. The number of hydrogen-bond donors (Lipinski definition) is 0. The van der Waals surface area contributed by atoms with Gasteiger partial charge < -0.3 is 9.30 Å². The average molecular weight is 266 g/mol. The lowest BCUT2D eigenvalue weighted by atomic mass is 10.2. The molecule has 0 aliphatic carbocycles. The van der Waals surface area contributed by atoms with Crippen LogP contribution in [0.5, 0.6) is 0 Å². The molecular formula is C12H12BrNO. The van der Waals surface area contributed by atoms with Crippen LogP contribution in [0.2, 0.25) is 0 Å². The van der Waals surface area contributed by atoms with Gasteiger partial charge >= 0.3 is 0 Å². The standard InChI is InChI=1S/C12H12BrNO/c1-12(8-15-12)7-14-6-10(13)9-4-2-3-5-11(9)14/h2-6H,7-8H2,1H3. The maximum atomic E-state index is 5.42. The number of epoxide rings is 1. The van der Waals surface area contributed by atoms with Gasteiger partial charge in [-0.15, -0.1) is 0 Å². The number of ether oxygens (including phenoxy) is 1. The zero-order valence-corrected chi connectivity index (χ0v) is 10.1. The molecule has 0 radical (unpaired) electrons. The van der Waals surface area contributed by atoms with E-state index >= 15 is 0 Å². The highest BCUT2D eigenvalue weighted by Crippen LogP contribution is 2.32. The van der Waals surface area contributed by atoms with Crippen molar-refractivity contribution < 1.29 is 4.74 Å². The van der Waals surface area contributed by atoms with Crippen LogP contribution >= 0.6 is 15.9 Å². The second kappa shape index (κ2) is 3.09. The molecular weight excluding hydrogens is 254 g/mol. The predicted octanol–water partition coefficient (Wildman–Crippen LogP) is 3.19. The van der Waals surface area contributed by atoms with Crippen molar-refractivity contribution >= 4 is 26.8 Å². The molecule has 1 aromatic carbocycles. The molecule has 3 rings (SSSR count). The van der Waals surface area contributed by atoms with Crippen LogP contribution < -0.4 is 0 Å². The van der Waals surface area contributed by atoms with E-state index in [1.165, 1.54) is 10.9 Å². The first-order chi connectivity index (χ1) is 7.18. The molecule has 1 atom stereocenters. The Morgan fingerprint density at radius 3 is 2.93 bits per heavy atom. The summed E-state index contributed by atoms with van der Waals surface area (Å²) in [5.41, 5.74) is 1.32. The van der Waals surface area contributed by atoms with Crippen molar-refractivity contribution in [1.82, 2.24) is 4.57 Å². The van der Waals surface area contributed by atoms with Crippen LogP contribution in [0, 0.1) is 0 Å². The van der Waals surface area contributed by atoms with Crippen molar-refractivity contribution in [3.63, 3.8) is 0 Å². The second-order valence-electron chi connectivity index (χ2n) is 4.36. The summed E-state index contributed by atoms with van der Waals surface area (Å²) in [6.45, 7) is 3.95. The Balaban J connectivity index is 2.10. The Labute approximate surface area is 97.0 Å². The minimum absolute atomic E-state index is 0.0568. The van der Waals surface area contributed by atoms with Crippen molar-refractivity contribution in [1.29, 1.82) is 0 Å². The van der Waals surface area contributed by atoms with Gasteiger partial charge in [-0.25, -0.2) is 0 Å². The van der Waals surface area contributed by atoms with E-state index in [0.29, 0.717) is 0 Å². The van der Waals surface area contributed by atoms with Gasteiger partial charge in [0.05, 0.1) is 13.2 Å². The Bertz CT molecular complexity index is 513. The van der Waals surface area contributed by atoms with Crippen molar-refractivity contribution in [3.05, 3.63) is 34.9 Å². The van der Waals surface area contributed by atoms with Crippen LogP contribution in [-0.2, 0) is 11.3 Å². The third kappa shape index (κ3) is 1.60. The van der Waals surface area contributed by atoms with E-state index in [2.05, 4.69) is 57.9 Å². The lowest BCUT2D eigenvalue weighted by Crippen LogP contribution is -2.14. The van der Waals surface area contributed by atoms with Gasteiger partial charge in [0.15, 0.2) is 0 Å². The summed E-state index contributed by atoms with van der Waals surface area (Å²) in [7, 11) is 0. The van der Waals surface area contributed by atoms with E-state index in [4.69, 9.17) is 4.74 Å². The molecule has 1 aliphatic heterocycles. The number of para-hydroxylation sites is 1. The number of benzene rings is 1. The normalized spacial score (nSPS) is 24.7. The molecule has 0 saturated carbocycles. The van der Waals surface area contributed by atoms with Crippen LogP contribution in [0.3, 0.4) is 0 Å². The van der Waals surface area contributed by atoms with Gasteiger partial charge in [-0.1, -0.05) is 18.2 Å². The van der Waals surface area contributed by atoms with Crippen LogP contribution in [0.4, 0.5) is 0 Å². The molecule has 1 unspecified atom stereocenters. The van der Waals surface area contributed by atoms with Crippen molar-refractivity contribution in [3.8, 4) is 0 Å². The smallest absolute Gasteiger partial charge is 0.107 e. The molecule has 2 nitrogen and oxygen atoms in total. The molecule has 1 aromatic heterocycles. The first-order valence-corrected chi connectivity index (χ1v) is 5.85. The predicted molar refractivity (Wildman–Crippen MR) is 64.0 cm³/mol. The number of rotatable bonds is 2. The Morgan fingerprint density at radius 2 is 2.20 bits per heavy atom. The lowest BCUT2D eigenvalue weighted by Gasteiger charge is -2.07. The number of hydrogen-bond acceptors (Lipinski definition) is 1. The molecule has 0 N–H and O–H groups in total. The lowest BCUT2D eigenvalue weighted by molar-refractivity contribution is 0.296. The summed E-state index contributed by atoms with van der Waals surface area (Å²) in [5.74, 6) is 0. The van der Waals surface area contributed by atoms with E-state index in [-0.39, 0.29) is 5.60 Å². The second-order valence-corrected chi connectivity index (χ2v) is 5.22. The van der Waals surface area contributed by atoms with Gasteiger partial charge in [0.2, 0.25) is 0 Å². The topological polar surface area (TPSA) is 17.5 Å². The van der Waals surface area contributed by atoms with Gasteiger partial charge in [-0.05, 0) is 28.9 Å². The quantitative estimate of drug-likeness (QED) is 0.763. The summed E-state index contributed by atoms with van der Waals surface area (Å²) in [6.07, 6.45) is 2.14. The van der Waals surface area contributed by atoms with Crippen LogP contribution in [0.1, 0.15) is 6.92 Å². The molecule has 1 fully saturated rings. The number of aromatic nitrogens is 1. The van der Waals surface area contributed by atoms with E-state index < -0.39 is 0 Å². The molecule has 15 heavy (non-hydrogen) atoms. The average Bonchev–Trinajstić information content (AvgIpc) is 2.87. The summed E-state index contributed by atoms with van der Waals surface area (Å²) in [5, 5.41) is 1.27. The van der Waals surface area contributed by atoms with Gasteiger partial charge in [-0.2, -0.15) is 0 Å². The third-order valence-corrected chi connectivity index (χ3v) is 3.51. The molecule has 1 aliphatic rings. The largest absolute Gasteiger partial charge is 0.368 e. The number of fused-ring (bicyclic) bond motifs is 1. The fourth-order valence-electron chi connectivity index (χ4n) is 1.91. The van der Waals surface area contributed by atoms with Gasteiger partial charge in [0.25, 0.3) is 0 Å². The van der Waals surface area contributed by atoms with Crippen LogP contribution in [0.25, 0.3) is 10.9 Å². The van der Waals surface area contributed by atoms with Gasteiger partial charge in [0.1, 0.15) is 5.60 Å². The molecule has 2 aromatic rings. The van der Waals surface area contributed by atoms with Gasteiger partial charge in [0, 0.05) is 21.6 Å². The third-order valence-electron chi connectivity index (χ3n) is 2.88. The van der Waals surface area contributed by atoms with E-state index in [1.807, 2.05) is 0 Å². The molecule has 3 heteroatoms. The molecule has 78 valence electrons. The van der Waals surface area contributed by atoms with Crippen molar-refractivity contribution in [2.75, 3.05) is 6.61 Å². The molecule has 0 amide bonds. The fraction of sp³-hybridized carbons (Fsp3) is 0.333. The van der Waals surface area contributed by atoms with Crippen LogP contribution in [-0.4, -0.2) is 16.8 Å². The summed E-state index contributed by atoms with van der Waals surface area (Å²) in [4.78, 5) is 0. The molecule has 0 spiro atoms. The van der Waals surface area contributed by atoms with Gasteiger partial charge in [-0.3, -0.25) is 0 Å². The molecule has 1 saturated heterocycles. The van der Waals surface area contributed by atoms with Crippen molar-refractivity contribution in [2.24, 2.45) is 0 Å². The Hall–Kier alpha value is -0.800.